The molecule has 0 fully saturated rings. The molecule has 2 heterocycles. The molecule has 2 N–H and O–H groups in total. The molecule has 5 nitrogen and oxygen atoms in total. The van der Waals surface area contributed by atoms with Crippen LogP contribution in [0.4, 0.5) is 0 Å². The maximum Gasteiger partial charge on any atom is 0.607 e. The van der Waals surface area contributed by atoms with E-state index in [1.165, 1.54) is 6.20 Å². The second-order valence-corrected chi connectivity index (χ2v) is 5.31. The van der Waals surface area contributed by atoms with E-state index >= 15 is 0 Å². The van der Waals surface area contributed by atoms with Crippen LogP contribution in [0.15, 0.2) is 42.9 Å². The summed E-state index contributed by atoms with van der Waals surface area (Å²) < 4.78 is 12.3. The molecular formula is C12H14N2O3P+. The minimum absolute atomic E-state index is 0.546. The van der Waals surface area contributed by atoms with Crippen molar-refractivity contribution in [3.63, 3.8) is 0 Å². The Morgan fingerprint density at radius 3 is 2.44 bits per heavy atom. The van der Waals surface area contributed by atoms with Crippen molar-refractivity contribution in [2.75, 3.05) is 0 Å². The van der Waals surface area contributed by atoms with E-state index in [0.717, 1.165) is 15.5 Å². The van der Waals surface area contributed by atoms with Crippen molar-refractivity contribution in [1.82, 2.24) is 4.98 Å². The zero-order valence-electron chi connectivity index (χ0n) is 9.89. The van der Waals surface area contributed by atoms with Gasteiger partial charge < -0.3 is 0 Å². The number of pyridine rings is 2. The van der Waals surface area contributed by atoms with E-state index in [1.54, 1.807) is 24.5 Å². The summed E-state index contributed by atoms with van der Waals surface area (Å²) in [6.45, 7) is 1.86. The van der Waals surface area contributed by atoms with Crippen LogP contribution in [0, 0.1) is 0 Å². The monoisotopic (exact) mass is 265 g/mol. The van der Waals surface area contributed by atoms with Crippen molar-refractivity contribution >= 4 is 7.75 Å². The number of aryl methyl sites for hydroxylation is 1. The Balaban J connectivity index is 2.53. The second kappa shape index (κ2) is 4.98. The lowest BCUT2D eigenvalue weighted by Crippen LogP contribution is -2.34. The van der Waals surface area contributed by atoms with Crippen LogP contribution in [0.25, 0.3) is 11.1 Å². The van der Waals surface area contributed by atoms with Gasteiger partial charge >= 0.3 is 7.75 Å². The number of aromatic nitrogens is 2. The molecule has 0 aromatic carbocycles. The minimum atomic E-state index is -4.28. The van der Waals surface area contributed by atoms with Crippen molar-refractivity contribution in [2.24, 2.45) is 0 Å². The fourth-order valence-corrected chi connectivity index (χ4v) is 2.56. The first-order valence-corrected chi connectivity index (χ1v) is 7.10. The molecule has 18 heavy (non-hydrogen) atoms. The van der Waals surface area contributed by atoms with Crippen LogP contribution in [0.2, 0.25) is 0 Å². The maximum atomic E-state index is 11.3. The van der Waals surface area contributed by atoms with Gasteiger partial charge in [0, 0.05) is 30.9 Å². The molecule has 0 saturated carbocycles. The third kappa shape index (κ3) is 2.64. The van der Waals surface area contributed by atoms with Gasteiger partial charge in [-0.1, -0.05) is 6.92 Å². The molecule has 0 amide bonds. The Morgan fingerprint density at radius 1 is 1.22 bits per heavy atom. The third-order valence-corrected chi connectivity index (χ3v) is 3.62. The predicted molar refractivity (Wildman–Crippen MR) is 66.7 cm³/mol. The average molecular weight is 265 g/mol. The number of hydrogen-bond donors (Lipinski definition) is 2. The van der Waals surface area contributed by atoms with Gasteiger partial charge in [-0.05, 0) is 23.3 Å². The van der Waals surface area contributed by atoms with Crippen molar-refractivity contribution in [1.29, 1.82) is 0 Å². The van der Waals surface area contributed by atoms with Crippen LogP contribution in [0.5, 0.6) is 0 Å². The molecule has 0 atom stereocenters. The smallest absolute Gasteiger partial charge is 0.271 e. The van der Waals surface area contributed by atoms with Gasteiger partial charge in [0.1, 0.15) is 0 Å². The van der Waals surface area contributed by atoms with E-state index < -0.39 is 7.75 Å². The number of rotatable bonds is 3. The summed E-state index contributed by atoms with van der Waals surface area (Å²) in [5.74, 6) is 0. The molecule has 6 heteroatoms. The lowest BCUT2D eigenvalue weighted by atomic mass is 10.1. The van der Waals surface area contributed by atoms with Gasteiger partial charge in [-0.3, -0.25) is 14.8 Å². The Kier molecular flexibility index (Phi) is 3.57. The fourth-order valence-electron chi connectivity index (χ4n) is 1.78. The third-order valence-electron chi connectivity index (χ3n) is 2.67. The van der Waals surface area contributed by atoms with E-state index in [2.05, 4.69) is 4.98 Å². The van der Waals surface area contributed by atoms with Gasteiger partial charge in [0.2, 0.25) is 0 Å². The maximum absolute atomic E-state index is 11.3. The van der Waals surface area contributed by atoms with Crippen LogP contribution in [0.1, 0.15) is 12.6 Å². The summed E-state index contributed by atoms with van der Waals surface area (Å²) in [5, 5.41) is 0. The molecule has 0 radical (unpaired) electrons. The fraction of sp³-hybridized carbons (Fsp3) is 0.167. The van der Waals surface area contributed by atoms with E-state index in [0.29, 0.717) is 12.1 Å². The first kappa shape index (κ1) is 12.9. The Hall–Kier alpha value is -1.55. The molecule has 2 aromatic heterocycles. The lowest BCUT2D eigenvalue weighted by Gasteiger charge is -2.05. The molecule has 0 aliphatic rings. The van der Waals surface area contributed by atoms with Crippen LogP contribution in [-0.2, 0) is 11.0 Å². The summed E-state index contributed by atoms with van der Waals surface area (Å²) >= 11 is 0. The van der Waals surface area contributed by atoms with Crippen molar-refractivity contribution < 1.29 is 18.7 Å². The van der Waals surface area contributed by atoms with Crippen LogP contribution >= 0.6 is 7.75 Å². The second-order valence-electron chi connectivity index (χ2n) is 3.85. The van der Waals surface area contributed by atoms with Crippen molar-refractivity contribution in [3.8, 4) is 11.1 Å². The highest BCUT2D eigenvalue weighted by molar-refractivity contribution is 7.44. The normalized spacial score (nSPS) is 11.5. The number of nitrogens with zero attached hydrogens (tertiary/aromatic N) is 2. The minimum Gasteiger partial charge on any atom is -0.271 e. The molecule has 0 saturated heterocycles. The Bertz CT molecular complexity index is 596. The van der Waals surface area contributed by atoms with Gasteiger partial charge in [0.15, 0.2) is 11.9 Å². The van der Waals surface area contributed by atoms with Crippen molar-refractivity contribution in [2.45, 2.75) is 13.3 Å². The SMILES string of the molecule is CCc1cc(-c2ccncc2)cc[n+]1P(=O)(O)O. The number of hydrogen-bond acceptors (Lipinski definition) is 2. The first-order valence-electron chi connectivity index (χ1n) is 5.53. The lowest BCUT2D eigenvalue weighted by molar-refractivity contribution is -0.547. The van der Waals surface area contributed by atoms with Crippen LogP contribution in [-0.4, -0.2) is 14.8 Å². The van der Waals surface area contributed by atoms with Gasteiger partial charge in [0.25, 0.3) is 0 Å². The van der Waals surface area contributed by atoms with E-state index in [9.17, 15) is 14.4 Å². The van der Waals surface area contributed by atoms with Gasteiger partial charge in [-0.2, -0.15) is 4.57 Å². The quantitative estimate of drug-likeness (QED) is 0.825. The zero-order valence-corrected chi connectivity index (χ0v) is 10.8. The molecule has 94 valence electrons. The van der Waals surface area contributed by atoms with Gasteiger partial charge in [0.05, 0.1) is 0 Å². The molecule has 0 aliphatic carbocycles. The largest absolute Gasteiger partial charge is 0.607 e. The summed E-state index contributed by atoms with van der Waals surface area (Å²) in [5.41, 5.74) is 2.48. The summed E-state index contributed by atoms with van der Waals surface area (Å²) in [7, 11) is -4.28. The average Bonchev–Trinajstić information content (AvgIpc) is 2.38. The first-order chi connectivity index (χ1) is 8.52. The highest BCUT2D eigenvalue weighted by Crippen LogP contribution is 2.29. The topological polar surface area (TPSA) is 74.3 Å². The molecule has 0 spiro atoms. The van der Waals surface area contributed by atoms with Crippen LogP contribution < -0.4 is 4.34 Å². The summed E-state index contributed by atoms with van der Waals surface area (Å²) in [6.07, 6.45) is 5.34. The zero-order chi connectivity index (χ0) is 13.2. The highest BCUT2D eigenvalue weighted by atomic mass is 31.2. The van der Waals surface area contributed by atoms with E-state index in [1.807, 2.05) is 19.1 Å². The van der Waals surface area contributed by atoms with Gasteiger partial charge in [-0.25, -0.2) is 0 Å². The molecule has 0 unspecified atom stereocenters. The van der Waals surface area contributed by atoms with E-state index in [4.69, 9.17) is 0 Å². The summed E-state index contributed by atoms with van der Waals surface area (Å²) in [6, 6.07) is 7.19. The Labute approximate surface area is 105 Å². The standard InChI is InChI=1S/C12H13N2O3P/c1-2-12-9-11(10-3-6-13-7-4-10)5-8-14(12)18(15,16)17/h3-9H,2H2,1H3,(H-,15,16,17)/p+1. The molecule has 0 aliphatic heterocycles. The highest BCUT2D eigenvalue weighted by Gasteiger charge is 2.30. The van der Waals surface area contributed by atoms with E-state index in [-0.39, 0.29) is 0 Å². The summed E-state index contributed by atoms with van der Waals surface area (Å²) in [4.78, 5) is 22.4. The van der Waals surface area contributed by atoms with Crippen molar-refractivity contribution in [3.05, 3.63) is 48.5 Å². The van der Waals surface area contributed by atoms with Crippen LogP contribution in [0.3, 0.4) is 0 Å². The Morgan fingerprint density at radius 2 is 1.89 bits per heavy atom. The molecule has 2 rings (SSSR count). The molecular weight excluding hydrogens is 251 g/mol. The molecule has 2 aromatic rings. The van der Waals surface area contributed by atoms with Gasteiger partial charge in [-0.15, -0.1) is 4.34 Å². The molecule has 0 bridgehead atoms. The predicted octanol–water partition coefficient (Wildman–Crippen LogP) is 1.54.